The second kappa shape index (κ2) is 14.8. The fourth-order valence-electron chi connectivity index (χ4n) is 5.20. The molecule has 0 spiro atoms. The molecule has 5 rings (SSSR count). The molecule has 3 aromatic carbocycles. The van der Waals surface area contributed by atoms with Crippen molar-refractivity contribution in [1.82, 2.24) is 4.57 Å². The molecule has 1 aliphatic rings. The number of hydrogen-bond donors (Lipinski definition) is 1. The van der Waals surface area contributed by atoms with Crippen molar-refractivity contribution >= 4 is 35.0 Å². The zero-order valence-corrected chi connectivity index (χ0v) is 27.5. The lowest BCUT2D eigenvalue weighted by Gasteiger charge is -2.26. The van der Waals surface area contributed by atoms with Crippen molar-refractivity contribution in [1.29, 1.82) is 0 Å². The molecule has 1 N–H and O–H groups in total. The second-order valence-electron chi connectivity index (χ2n) is 10.2. The first-order valence-corrected chi connectivity index (χ1v) is 15.8. The summed E-state index contributed by atoms with van der Waals surface area (Å²) in [6.45, 7) is 5.56. The van der Waals surface area contributed by atoms with Crippen LogP contribution in [0.2, 0.25) is 0 Å². The van der Waals surface area contributed by atoms with E-state index in [9.17, 15) is 14.4 Å². The molecular weight excluding hydrogens is 622 g/mol. The number of methoxy groups -OCH3 is 2. The molecule has 0 unspecified atom stereocenters. The van der Waals surface area contributed by atoms with Gasteiger partial charge in [-0.05, 0) is 62.7 Å². The number of rotatable bonds is 12. The minimum Gasteiger partial charge on any atom is -0.493 e. The minimum atomic E-state index is -0.878. The second-order valence-corrected chi connectivity index (χ2v) is 11.2. The first-order valence-electron chi connectivity index (χ1n) is 14.9. The van der Waals surface area contributed by atoms with Crippen LogP contribution in [0, 0.1) is 0 Å². The van der Waals surface area contributed by atoms with Crippen LogP contribution in [0.25, 0.3) is 6.08 Å². The van der Waals surface area contributed by atoms with Crippen LogP contribution in [0.5, 0.6) is 23.0 Å². The van der Waals surface area contributed by atoms with E-state index in [0.29, 0.717) is 61.5 Å². The summed E-state index contributed by atoms with van der Waals surface area (Å²) in [6, 6.07) is 18.7. The van der Waals surface area contributed by atoms with Crippen molar-refractivity contribution < 1.29 is 33.3 Å². The molecule has 0 radical (unpaired) electrons. The summed E-state index contributed by atoms with van der Waals surface area (Å²) in [7, 11) is 3.03. The largest absolute Gasteiger partial charge is 0.493 e. The van der Waals surface area contributed by atoms with Crippen molar-refractivity contribution in [2.24, 2.45) is 4.99 Å². The highest BCUT2D eigenvalue weighted by atomic mass is 32.1. The Morgan fingerprint density at radius 2 is 1.70 bits per heavy atom. The maximum absolute atomic E-state index is 14.1. The van der Waals surface area contributed by atoms with E-state index in [-0.39, 0.29) is 30.3 Å². The summed E-state index contributed by atoms with van der Waals surface area (Å²) in [5.41, 5.74) is 2.20. The molecule has 1 amide bonds. The number of hydrogen-bond acceptors (Lipinski definition) is 10. The maximum Gasteiger partial charge on any atom is 0.338 e. The number of carbonyl (C=O) groups excluding carboxylic acids is 2. The number of anilines is 1. The normalized spacial score (nSPS) is 14.1. The van der Waals surface area contributed by atoms with Gasteiger partial charge in [-0.1, -0.05) is 47.7 Å². The molecule has 0 bridgehead atoms. The Kier molecular flexibility index (Phi) is 10.4. The van der Waals surface area contributed by atoms with Crippen molar-refractivity contribution in [2.45, 2.75) is 26.8 Å². The number of fused-ring (bicyclic) bond motifs is 1. The van der Waals surface area contributed by atoms with Crippen LogP contribution in [-0.4, -0.2) is 50.5 Å². The lowest BCUT2D eigenvalue weighted by molar-refractivity contribution is -0.139. The van der Waals surface area contributed by atoms with Crippen molar-refractivity contribution in [3.63, 3.8) is 0 Å². The van der Waals surface area contributed by atoms with Crippen LogP contribution in [0.1, 0.15) is 37.9 Å². The number of benzene rings is 3. The van der Waals surface area contributed by atoms with Gasteiger partial charge >= 0.3 is 5.97 Å². The average molecular weight is 658 g/mol. The summed E-state index contributed by atoms with van der Waals surface area (Å²) >= 11 is 1.19. The van der Waals surface area contributed by atoms with E-state index in [2.05, 4.69) is 10.3 Å². The third-order valence-corrected chi connectivity index (χ3v) is 8.21. The van der Waals surface area contributed by atoms with Gasteiger partial charge < -0.3 is 29.0 Å². The van der Waals surface area contributed by atoms with Gasteiger partial charge in [0.1, 0.15) is 6.04 Å². The number of carbonyl (C=O) groups is 2. The highest BCUT2D eigenvalue weighted by Crippen LogP contribution is 2.40. The molecule has 244 valence electrons. The standard InChI is InChI=1S/C35H35N3O8S/c1-6-44-32-24(14-11-15-26(32)42-4)31-30(34(41)45-7-2)21(3)36-35-38(31)33(40)28(47-35)19-22-16-17-25(27(18-22)43-5)46-20-29(39)37-23-12-9-8-10-13-23/h8-19,31H,6-7,20H2,1-5H3,(H,37,39)/b28-19+/t31-/m1/s1. The van der Waals surface area contributed by atoms with Crippen LogP contribution in [0.4, 0.5) is 5.69 Å². The van der Waals surface area contributed by atoms with E-state index in [1.165, 1.54) is 30.1 Å². The first-order chi connectivity index (χ1) is 22.8. The SMILES string of the molecule is CCOC(=O)C1=C(C)N=c2s/c(=C/c3ccc(OCC(=O)Nc4ccccc4)c(OC)c3)c(=O)n2[C@@H]1c1cccc(OC)c1OCC. The Bertz CT molecular complexity index is 2000. The highest BCUT2D eigenvalue weighted by Gasteiger charge is 2.36. The molecule has 11 nitrogen and oxygen atoms in total. The Labute approximate surface area is 275 Å². The number of amides is 1. The van der Waals surface area contributed by atoms with Crippen LogP contribution in [0.15, 0.2) is 87.8 Å². The number of esters is 1. The number of thiazole rings is 1. The number of allylic oxidation sites excluding steroid dienone is 1. The molecule has 1 aliphatic heterocycles. The van der Waals surface area contributed by atoms with E-state index in [4.69, 9.17) is 23.7 Å². The maximum atomic E-state index is 14.1. The van der Waals surface area contributed by atoms with E-state index in [0.717, 1.165) is 0 Å². The monoisotopic (exact) mass is 657 g/mol. The van der Waals surface area contributed by atoms with Gasteiger partial charge in [0.15, 0.2) is 34.4 Å². The fourth-order valence-corrected chi connectivity index (χ4v) is 6.25. The number of ether oxygens (including phenoxy) is 5. The topological polar surface area (TPSA) is 127 Å². The smallest absolute Gasteiger partial charge is 0.338 e. The van der Waals surface area contributed by atoms with Gasteiger partial charge in [-0.2, -0.15) is 0 Å². The molecule has 0 aliphatic carbocycles. The number of nitrogens with one attached hydrogen (secondary N) is 1. The van der Waals surface area contributed by atoms with Gasteiger partial charge in [-0.15, -0.1) is 0 Å². The molecule has 1 atom stereocenters. The molecule has 2 heterocycles. The third kappa shape index (κ3) is 7.07. The Morgan fingerprint density at radius 1 is 0.936 bits per heavy atom. The van der Waals surface area contributed by atoms with Gasteiger partial charge in [-0.3, -0.25) is 14.2 Å². The van der Waals surface area contributed by atoms with Gasteiger partial charge in [0.05, 0.1) is 43.2 Å². The lowest BCUT2D eigenvalue weighted by atomic mass is 9.94. The average Bonchev–Trinajstić information content (AvgIpc) is 3.37. The molecule has 1 aromatic heterocycles. The lowest BCUT2D eigenvalue weighted by Crippen LogP contribution is -2.40. The van der Waals surface area contributed by atoms with Crippen LogP contribution in [-0.2, 0) is 14.3 Å². The van der Waals surface area contributed by atoms with Gasteiger partial charge in [0, 0.05) is 11.3 Å². The van der Waals surface area contributed by atoms with Crippen molar-refractivity contribution in [3.8, 4) is 23.0 Å². The Morgan fingerprint density at radius 3 is 2.40 bits per heavy atom. The predicted octanol–water partition coefficient (Wildman–Crippen LogP) is 4.23. The number of nitrogens with zero attached hydrogens (tertiary/aromatic N) is 2. The summed E-state index contributed by atoms with van der Waals surface area (Å²) in [5, 5.41) is 2.77. The van der Waals surface area contributed by atoms with Crippen molar-refractivity contribution in [3.05, 3.63) is 109 Å². The fraction of sp³-hybridized carbons (Fsp3) is 0.257. The molecule has 4 aromatic rings. The minimum absolute atomic E-state index is 0.155. The molecule has 0 saturated carbocycles. The van der Waals surface area contributed by atoms with Crippen molar-refractivity contribution in [2.75, 3.05) is 39.4 Å². The summed E-state index contributed by atoms with van der Waals surface area (Å²) in [6.07, 6.45) is 1.72. The molecule has 47 heavy (non-hydrogen) atoms. The molecular formula is C35H35N3O8S. The van der Waals surface area contributed by atoms with E-state index in [1.807, 2.05) is 25.1 Å². The quantitative estimate of drug-likeness (QED) is 0.225. The van der Waals surface area contributed by atoms with Crippen LogP contribution in [0.3, 0.4) is 0 Å². The predicted molar refractivity (Wildman–Crippen MR) is 178 cm³/mol. The zero-order chi connectivity index (χ0) is 33.5. The van der Waals surface area contributed by atoms with E-state index in [1.54, 1.807) is 68.5 Å². The van der Waals surface area contributed by atoms with Gasteiger partial charge in [-0.25, -0.2) is 9.79 Å². The van der Waals surface area contributed by atoms with E-state index < -0.39 is 12.0 Å². The van der Waals surface area contributed by atoms with Crippen LogP contribution < -0.4 is 39.2 Å². The zero-order valence-electron chi connectivity index (χ0n) is 26.7. The number of aromatic nitrogens is 1. The third-order valence-electron chi connectivity index (χ3n) is 7.23. The molecule has 0 fully saturated rings. The summed E-state index contributed by atoms with van der Waals surface area (Å²) in [4.78, 5) is 44.9. The number of para-hydroxylation sites is 2. The molecule has 0 saturated heterocycles. The first kappa shape index (κ1) is 33.0. The summed E-state index contributed by atoms with van der Waals surface area (Å²) < 4.78 is 30.1. The Hall–Kier alpha value is -5.36. The van der Waals surface area contributed by atoms with Crippen LogP contribution >= 0.6 is 11.3 Å². The van der Waals surface area contributed by atoms with E-state index >= 15 is 0 Å². The highest BCUT2D eigenvalue weighted by molar-refractivity contribution is 7.07. The molecule has 12 heteroatoms. The van der Waals surface area contributed by atoms with Gasteiger partial charge in [0.25, 0.3) is 11.5 Å². The van der Waals surface area contributed by atoms with Gasteiger partial charge in [0.2, 0.25) is 0 Å². The summed E-state index contributed by atoms with van der Waals surface area (Å²) in [5.74, 6) is 0.748. The Balaban J connectivity index is 1.53.